The summed E-state index contributed by atoms with van der Waals surface area (Å²) in [5, 5.41) is 9.15. The van der Waals surface area contributed by atoms with Crippen molar-refractivity contribution in [3.05, 3.63) is 65.2 Å². The van der Waals surface area contributed by atoms with Crippen LogP contribution >= 0.6 is 0 Å². The van der Waals surface area contributed by atoms with E-state index in [4.69, 9.17) is 9.84 Å². The molecule has 2 nitrogen and oxygen atoms in total. The molecule has 0 unspecified atom stereocenters. The van der Waals surface area contributed by atoms with Crippen LogP contribution in [0.5, 0.6) is 5.75 Å². The van der Waals surface area contributed by atoms with Crippen LogP contribution in [0.3, 0.4) is 0 Å². The van der Waals surface area contributed by atoms with Gasteiger partial charge in [0.05, 0.1) is 13.2 Å². The zero-order valence-corrected chi connectivity index (χ0v) is 13.8. The van der Waals surface area contributed by atoms with Crippen LogP contribution in [-0.2, 0) is 12.0 Å². The smallest absolute Gasteiger partial charge is 0.119 e. The highest BCUT2D eigenvalue weighted by atomic mass is 16.5. The van der Waals surface area contributed by atoms with Gasteiger partial charge in [0.1, 0.15) is 5.75 Å². The summed E-state index contributed by atoms with van der Waals surface area (Å²) in [6.07, 6.45) is 2.24. The molecule has 0 radical (unpaired) electrons. The first-order valence-corrected chi connectivity index (χ1v) is 8.01. The minimum atomic E-state index is -0.0735. The average Bonchev–Trinajstić information content (AvgIpc) is 2.55. The highest BCUT2D eigenvalue weighted by Gasteiger charge is 2.22. The summed E-state index contributed by atoms with van der Waals surface area (Å²) in [5.74, 6) is 0.934. The number of unbranched alkanes of at least 4 members (excludes halogenated alkanes) is 1. The van der Waals surface area contributed by atoms with Crippen molar-refractivity contribution in [2.45, 2.75) is 45.6 Å². The van der Waals surface area contributed by atoms with Crippen LogP contribution in [-0.4, -0.2) is 11.7 Å². The Morgan fingerprint density at radius 1 is 0.909 bits per heavy atom. The number of benzene rings is 2. The Labute approximate surface area is 133 Å². The fourth-order valence-corrected chi connectivity index (χ4v) is 2.50. The molecule has 0 heterocycles. The lowest BCUT2D eigenvalue weighted by molar-refractivity contribution is 0.282. The molecule has 0 saturated carbocycles. The molecule has 0 bridgehead atoms. The van der Waals surface area contributed by atoms with Gasteiger partial charge in [-0.15, -0.1) is 0 Å². The monoisotopic (exact) mass is 298 g/mol. The molecule has 118 valence electrons. The minimum absolute atomic E-state index is 0.0735. The molecule has 1 N–H and O–H groups in total. The van der Waals surface area contributed by atoms with E-state index in [1.54, 1.807) is 0 Å². The van der Waals surface area contributed by atoms with Crippen LogP contribution in [0.2, 0.25) is 0 Å². The first kappa shape index (κ1) is 16.6. The highest BCUT2D eigenvalue weighted by Crippen LogP contribution is 2.32. The molecule has 0 fully saturated rings. The second kappa shape index (κ2) is 7.46. The van der Waals surface area contributed by atoms with E-state index in [0.717, 1.165) is 30.8 Å². The Hall–Kier alpha value is -1.80. The normalized spacial score (nSPS) is 11.5. The topological polar surface area (TPSA) is 29.5 Å². The van der Waals surface area contributed by atoms with Gasteiger partial charge >= 0.3 is 0 Å². The molecular formula is C20H26O2. The Morgan fingerprint density at radius 2 is 1.45 bits per heavy atom. The molecule has 2 heteroatoms. The molecule has 2 aromatic carbocycles. The van der Waals surface area contributed by atoms with Crippen molar-refractivity contribution in [1.82, 2.24) is 0 Å². The predicted octanol–water partition coefficient (Wildman–Crippen LogP) is 4.68. The summed E-state index contributed by atoms with van der Waals surface area (Å²) >= 11 is 0. The van der Waals surface area contributed by atoms with Crippen molar-refractivity contribution in [3.8, 4) is 5.75 Å². The van der Waals surface area contributed by atoms with E-state index in [1.165, 1.54) is 11.1 Å². The van der Waals surface area contributed by atoms with E-state index in [0.29, 0.717) is 0 Å². The van der Waals surface area contributed by atoms with E-state index in [1.807, 2.05) is 12.1 Å². The third-order valence-electron chi connectivity index (χ3n) is 4.20. The van der Waals surface area contributed by atoms with E-state index >= 15 is 0 Å². The molecule has 0 aromatic heterocycles. The predicted molar refractivity (Wildman–Crippen MR) is 91.3 cm³/mol. The zero-order valence-electron chi connectivity index (χ0n) is 13.8. The van der Waals surface area contributed by atoms with Crippen molar-refractivity contribution >= 4 is 0 Å². The molecule has 2 rings (SSSR count). The minimum Gasteiger partial charge on any atom is -0.494 e. The lowest BCUT2D eigenvalue weighted by atomic mass is 9.78. The first-order valence-electron chi connectivity index (χ1n) is 8.01. The fourth-order valence-electron chi connectivity index (χ4n) is 2.50. The summed E-state index contributed by atoms with van der Waals surface area (Å²) < 4.78 is 5.72. The lowest BCUT2D eigenvalue weighted by Gasteiger charge is -2.26. The van der Waals surface area contributed by atoms with Gasteiger partial charge in [-0.2, -0.15) is 0 Å². The maximum Gasteiger partial charge on any atom is 0.119 e. The van der Waals surface area contributed by atoms with Crippen LogP contribution in [0.4, 0.5) is 0 Å². The molecule has 0 aliphatic heterocycles. The Balaban J connectivity index is 2.14. The van der Waals surface area contributed by atoms with Crippen molar-refractivity contribution < 1.29 is 9.84 Å². The molecule has 0 saturated heterocycles. The van der Waals surface area contributed by atoms with Gasteiger partial charge in [-0.05, 0) is 35.2 Å². The molecule has 0 atom stereocenters. The Bertz CT molecular complexity index is 568. The number of aliphatic hydroxyl groups is 1. The molecule has 0 aliphatic rings. The third kappa shape index (κ3) is 3.89. The Kier molecular flexibility index (Phi) is 5.62. The maximum absolute atomic E-state index is 9.15. The summed E-state index contributed by atoms with van der Waals surface area (Å²) in [4.78, 5) is 0. The highest BCUT2D eigenvalue weighted by molar-refractivity contribution is 5.40. The average molecular weight is 298 g/mol. The molecule has 22 heavy (non-hydrogen) atoms. The van der Waals surface area contributed by atoms with Crippen LogP contribution < -0.4 is 4.74 Å². The van der Waals surface area contributed by atoms with Crippen LogP contribution in [0.1, 0.15) is 50.3 Å². The largest absolute Gasteiger partial charge is 0.494 e. The maximum atomic E-state index is 9.15. The van der Waals surface area contributed by atoms with E-state index in [9.17, 15) is 0 Å². The molecule has 0 spiro atoms. The van der Waals surface area contributed by atoms with E-state index < -0.39 is 0 Å². The van der Waals surface area contributed by atoms with Gasteiger partial charge in [0.25, 0.3) is 0 Å². The summed E-state index contributed by atoms with van der Waals surface area (Å²) in [6, 6.07) is 16.5. The second-order valence-electron chi connectivity index (χ2n) is 6.21. The zero-order chi connectivity index (χ0) is 16.0. The van der Waals surface area contributed by atoms with Crippen molar-refractivity contribution in [2.24, 2.45) is 0 Å². The van der Waals surface area contributed by atoms with Crippen LogP contribution in [0.25, 0.3) is 0 Å². The van der Waals surface area contributed by atoms with Crippen LogP contribution in [0.15, 0.2) is 48.5 Å². The quantitative estimate of drug-likeness (QED) is 0.752. The fraction of sp³-hybridized carbons (Fsp3) is 0.400. The summed E-state index contributed by atoms with van der Waals surface area (Å²) in [6.45, 7) is 7.46. The molecule has 0 aliphatic carbocycles. The first-order chi connectivity index (χ1) is 10.6. The summed E-state index contributed by atoms with van der Waals surface area (Å²) in [7, 11) is 0. The number of rotatable bonds is 7. The van der Waals surface area contributed by atoms with Gasteiger partial charge in [-0.1, -0.05) is 63.6 Å². The molecular weight excluding hydrogens is 272 g/mol. The number of hydrogen-bond acceptors (Lipinski definition) is 2. The molecule has 0 amide bonds. The lowest BCUT2D eigenvalue weighted by Crippen LogP contribution is -2.18. The number of aliphatic hydroxyl groups excluding tert-OH is 1. The van der Waals surface area contributed by atoms with E-state index in [-0.39, 0.29) is 12.0 Å². The van der Waals surface area contributed by atoms with Crippen molar-refractivity contribution in [1.29, 1.82) is 0 Å². The summed E-state index contributed by atoms with van der Waals surface area (Å²) in [5.41, 5.74) is 3.37. The SMILES string of the molecule is CCCCOc1ccc(C(C)(C)c2ccc(CO)cc2)cc1. The number of hydrogen-bond donors (Lipinski definition) is 1. The van der Waals surface area contributed by atoms with Gasteiger partial charge in [-0.3, -0.25) is 0 Å². The van der Waals surface area contributed by atoms with Gasteiger partial charge in [0.2, 0.25) is 0 Å². The van der Waals surface area contributed by atoms with Gasteiger partial charge in [-0.25, -0.2) is 0 Å². The number of ether oxygens (including phenoxy) is 1. The van der Waals surface area contributed by atoms with Crippen LogP contribution in [0, 0.1) is 0 Å². The van der Waals surface area contributed by atoms with Gasteiger partial charge in [0, 0.05) is 5.41 Å². The standard InChI is InChI=1S/C20H26O2/c1-4-5-14-22-19-12-10-18(11-13-19)20(2,3)17-8-6-16(15-21)7-9-17/h6-13,21H,4-5,14-15H2,1-3H3. The Morgan fingerprint density at radius 3 is 1.95 bits per heavy atom. The van der Waals surface area contributed by atoms with Crippen molar-refractivity contribution in [2.75, 3.05) is 6.61 Å². The second-order valence-corrected chi connectivity index (χ2v) is 6.21. The van der Waals surface area contributed by atoms with E-state index in [2.05, 4.69) is 57.2 Å². The molecule has 2 aromatic rings. The van der Waals surface area contributed by atoms with Gasteiger partial charge in [0.15, 0.2) is 0 Å². The van der Waals surface area contributed by atoms with Crippen molar-refractivity contribution in [3.63, 3.8) is 0 Å². The van der Waals surface area contributed by atoms with Gasteiger partial charge < -0.3 is 9.84 Å². The third-order valence-corrected chi connectivity index (χ3v) is 4.20.